The van der Waals surface area contributed by atoms with E-state index in [-0.39, 0.29) is 55.1 Å². The van der Waals surface area contributed by atoms with Crippen molar-refractivity contribution in [2.75, 3.05) is 52.6 Å². The molecule has 11 heteroatoms. The lowest BCUT2D eigenvalue weighted by atomic mass is 9.69. The van der Waals surface area contributed by atoms with Gasteiger partial charge in [-0.1, -0.05) is 50.1 Å². The zero-order chi connectivity index (χ0) is 37.6. The van der Waals surface area contributed by atoms with Crippen LogP contribution in [0.3, 0.4) is 0 Å². The summed E-state index contributed by atoms with van der Waals surface area (Å²) in [6.45, 7) is 3.30. The fourth-order valence-electron chi connectivity index (χ4n) is 9.45. The van der Waals surface area contributed by atoms with Crippen molar-refractivity contribution in [3.05, 3.63) is 88.0 Å². The van der Waals surface area contributed by atoms with Crippen molar-refractivity contribution in [1.82, 2.24) is 5.32 Å². The van der Waals surface area contributed by atoms with E-state index in [0.717, 1.165) is 60.2 Å². The molecule has 4 unspecified atom stereocenters. The molecule has 2 aliphatic carbocycles. The molecule has 2 aliphatic heterocycles. The topological polar surface area (TPSA) is 151 Å². The van der Waals surface area contributed by atoms with Gasteiger partial charge < -0.3 is 49.4 Å². The normalized spacial score (nSPS) is 20.9. The van der Waals surface area contributed by atoms with Crippen LogP contribution < -0.4 is 34.3 Å². The maximum atomic E-state index is 12.3. The number of nitrogens with one attached hydrogen (secondary N) is 2. The molecule has 2 heterocycles. The fourth-order valence-corrected chi connectivity index (χ4v) is 9.45. The second kappa shape index (κ2) is 14.9. The van der Waals surface area contributed by atoms with Gasteiger partial charge in [-0.15, -0.1) is 0 Å². The number of aliphatic hydroxyl groups excluding tert-OH is 3. The molecule has 286 valence electrons. The molecule has 4 aliphatic rings. The van der Waals surface area contributed by atoms with Crippen LogP contribution in [-0.2, 0) is 18.3 Å². The summed E-state index contributed by atoms with van der Waals surface area (Å²) in [5.74, 6) is 1.36. The highest BCUT2D eigenvalue weighted by Crippen LogP contribution is 2.57. The molecule has 0 saturated heterocycles. The lowest BCUT2D eigenvalue weighted by molar-refractivity contribution is 0.0868. The Labute approximate surface area is 315 Å². The average molecular weight is 739 g/mol. The highest BCUT2D eigenvalue weighted by Gasteiger charge is 2.44. The first kappa shape index (κ1) is 36.3. The number of aromatic hydroxyl groups is 1. The summed E-state index contributed by atoms with van der Waals surface area (Å²) >= 11 is 0. The van der Waals surface area contributed by atoms with E-state index in [0.29, 0.717) is 46.8 Å². The molecule has 8 rings (SSSR count). The molecule has 6 N–H and O–H groups in total. The van der Waals surface area contributed by atoms with Gasteiger partial charge in [0.15, 0.2) is 17.7 Å². The summed E-state index contributed by atoms with van der Waals surface area (Å²) in [7, 11) is 3.13. The van der Waals surface area contributed by atoms with Crippen molar-refractivity contribution in [3.63, 3.8) is 0 Å². The van der Waals surface area contributed by atoms with Gasteiger partial charge in [-0.2, -0.15) is 0 Å². The summed E-state index contributed by atoms with van der Waals surface area (Å²) in [5.41, 5.74) is 7.39. The smallest absolute Gasteiger partial charge is 0.200 e. The highest BCUT2D eigenvalue weighted by atomic mass is 16.5. The Morgan fingerprint density at radius 2 is 1.63 bits per heavy atom. The Bertz CT molecular complexity index is 2010. The van der Waals surface area contributed by atoms with Crippen molar-refractivity contribution in [3.8, 4) is 45.6 Å². The monoisotopic (exact) mass is 738 g/mol. The third kappa shape index (κ3) is 5.98. The molecular formula is C43H50N2O9. The second-order valence-electron chi connectivity index (χ2n) is 14.8. The van der Waals surface area contributed by atoms with Crippen molar-refractivity contribution in [1.29, 1.82) is 0 Å². The predicted molar refractivity (Wildman–Crippen MR) is 204 cm³/mol. The average Bonchev–Trinajstić information content (AvgIpc) is 3.69. The molecule has 4 atom stereocenters. The molecule has 0 spiro atoms. The van der Waals surface area contributed by atoms with Crippen LogP contribution in [-0.4, -0.2) is 67.7 Å². The largest absolute Gasteiger partial charge is 0.502 e. The van der Waals surface area contributed by atoms with Crippen LogP contribution in [0.2, 0.25) is 0 Å². The molecule has 0 aromatic heterocycles. The van der Waals surface area contributed by atoms with Gasteiger partial charge >= 0.3 is 0 Å². The van der Waals surface area contributed by atoms with Crippen molar-refractivity contribution in [2.45, 2.75) is 69.1 Å². The lowest BCUT2D eigenvalue weighted by Gasteiger charge is -2.39. The van der Waals surface area contributed by atoms with Gasteiger partial charge in [-0.3, -0.25) is 5.32 Å². The number of hydrogen-bond donors (Lipinski definition) is 6. The molecule has 0 bridgehead atoms. The minimum Gasteiger partial charge on any atom is -0.502 e. The number of ether oxygens (including phenoxy) is 5. The fraction of sp³-hybridized carbons (Fsp3) is 0.442. The standard InChI is InChI=1S/C43H50N2O9/c1-4-44-23-54-33-19-31(50-2)27-12-13-28-36-30(45-42(49)39(33)38(27)36)18-32-37(28)40(47)29(22-53-32)24-16-34(51-3)41(48)35(17-24)52-21-26(20-46)43(14-8-9-15-43)25-10-6-5-7-11-25/h5-7,10-11,16-19,26,29,40,42,44-49H,4,8-9,12-15,20-23H2,1-3H3. The molecular weight excluding hydrogens is 688 g/mol. The van der Waals surface area contributed by atoms with Crippen molar-refractivity contribution in [2.24, 2.45) is 5.92 Å². The predicted octanol–water partition coefficient (Wildman–Crippen LogP) is 6.25. The van der Waals surface area contributed by atoms with Crippen LogP contribution in [0.4, 0.5) is 5.69 Å². The SMILES string of the molecule is CCNCOc1cc(OC)c2c3c1C(O)Nc1cc4c(c(c1-3)CC2)C(O)C(c1cc(OC)c(O)c(OCC(CO)C2(c3ccccc3)CCCC2)c1)CO4. The molecule has 0 amide bonds. The number of aliphatic hydroxyl groups is 3. The van der Waals surface area contributed by atoms with Crippen LogP contribution in [0, 0.1) is 5.92 Å². The number of fused-ring (bicyclic) bond motifs is 2. The number of rotatable bonds is 13. The molecule has 1 fully saturated rings. The van der Waals surface area contributed by atoms with Gasteiger partial charge in [0.1, 0.15) is 24.0 Å². The first-order valence-corrected chi connectivity index (χ1v) is 19.1. The van der Waals surface area contributed by atoms with Gasteiger partial charge in [0.2, 0.25) is 5.75 Å². The van der Waals surface area contributed by atoms with E-state index < -0.39 is 18.2 Å². The maximum Gasteiger partial charge on any atom is 0.200 e. The molecule has 4 aromatic rings. The zero-order valence-electron chi connectivity index (χ0n) is 31.1. The molecule has 11 nitrogen and oxygen atoms in total. The minimum absolute atomic E-state index is 0.0581. The Morgan fingerprint density at radius 1 is 0.889 bits per heavy atom. The summed E-state index contributed by atoms with van der Waals surface area (Å²) in [6, 6.07) is 17.5. The number of benzene rings is 4. The van der Waals surface area contributed by atoms with Crippen LogP contribution >= 0.6 is 0 Å². The first-order valence-electron chi connectivity index (χ1n) is 19.1. The number of hydrogen-bond acceptors (Lipinski definition) is 11. The van der Waals surface area contributed by atoms with E-state index in [2.05, 4.69) is 22.8 Å². The molecule has 54 heavy (non-hydrogen) atoms. The van der Waals surface area contributed by atoms with Crippen molar-refractivity contribution < 1.29 is 44.1 Å². The first-order chi connectivity index (χ1) is 26.3. The summed E-state index contributed by atoms with van der Waals surface area (Å²) < 4.78 is 30.4. The molecule has 4 aromatic carbocycles. The van der Waals surface area contributed by atoms with Crippen LogP contribution in [0.1, 0.15) is 84.2 Å². The Morgan fingerprint density at radius 3 is 2.35 bits per heavy atom. The van der Waals surface area contributed by atoms with Gasteiger partial charge in [-0.25, -0.2) is 0 Å². The minimum atomic E-state index is -1.02. The van der Waals surface area contributed by atoms with Gasteiger partial charge in [-0.05, 0) is 61.1 Å². The van der Waals surface area contributed by atoms with E-state index in [9.17, 15) is 20.4 Å². The summed E-state index contributed by atoms with van der Waals surface area (Å²) in [4.78, 5) is 0. The van der Waals surface area contributed by atoms with E-state index >= 15 is 0 Å². The zero-order valence-corrected chi connectivity index (χ0v) is 31.1. The van der Waals surface area contributed by atoms with Gasteiger partial charge in [0, 0.05) is 63.9 Å². The van der Waals surface area contributed by atoms with Crippen LogP contribution in [0.5, 0.6) is 34.5 Å². The Hall–Kier alpha value is -4.68. The Balaban J connectivity index is 1.14. The molecule has 1 saturated carbocycles. The van der Waals surface area contributed by atoms with Gasteiger partial charge in [0.05, 0.1) is 39.1 Å². The van der Waals surface area contributed by atoms with E-state index in [4.69, 9.17) is 23.7 Å². The summed E-state index contributed by atoms with van der Waals surface area (Å²) in [5, 5.41) is 52.1. The van der Waals surface area contributed by atoms with Gasteiger partial charge in [0.25, 0.3) is 0 Å². The lowest BCUT2D eigenvalue weighted by Crippen LogP contribution is -2.38. The quantitative estimate of drug-likeness (QED) is 0.0683. The van der Waals surface area contributed by atoms with Crippen LogP contribution in [0.15, 0.2) is 54.6 Å². The Kier molecular flexibility index (Phi) is 9.99. The highest BCUT2D eigenvalue weighted by molar-refractivity contribution is 5.93. The summed E-state index contributed by atoms with van der Waals surface area (Å²) in [6.07, 6.45) is 3.33. The number of anilines is 1. The van der Waals surface area contributed by atoms with Crippen LogP contribution in [0.25, 0.3) is 11.1 Å². The van der Waals surface area contributed by atoms with E-state index in [1.165, 1.54) is 12.7 Å². The second-order valence-corrected chi connectivity index (χ2v) is 14.8. The number of phenolic OH excluding ortho intramolecular Hbond substituents is 1. The van der Waals surface area contributed by atoms with Crippen molar-refractivity contribution >= 4 is 5.69 Å². The number of methoxy groups -OCH3 is 2. The number of phenols is 1. The van der Waals surface area contributed by atoms with E-state index in [1.54, 1.807) is 19.2 Å². The maximum absolute atomic E-state index is 12.3. The van der Waals surface area contributed by atoms with E-state index in [1.807, 2.05) is 37.3 Å². The third-order valence-electron chi connectivity index (χ3n) is 12.2. The third-order valence-corrected chi connectivity index (χ3v) is 12.2. The molecule has 0 radical (unpaired) electrons.